The second-order valence-electron chi connectivity index (χ2n) is 2.61. The summed E-state index contributed by atoms with van der Waals surface area (Å²) in [4.78, 5) is 8.95. The standard InChI is InChI=1S/C8H9IO2S.C2H4O2/c1-6-5-7(11-12-9)3-4-8(6)10-2;1-4-2-3/h3-5H,1-2H3;2H,1H3. The normalized spacial score (nSPS) is 8.50. The van der Waals surface area contributed by atoms with E-state index in [0.717, 1.165) is 17.1 Å². The largest absolute Gasteiger partial charge is 0.496 e. The van der Waals surface area contributed by atoms with E-state index in [-0.39, 0.29) is 0 Å². The zero-order valence-corrected chi connectivity index (χ0v) is 12.2. The summed E-state index contributed by atoms with van der Waals surface area (Å²) in [7, 11) is 4.28. The van der Waals surface area contributed by atoms with E-state index < -0.39 is 0 Å². The molecule has 0 heterocycles. The monoisotopic (exact) mass is 356 g/mol. The van der Waals surface area contributed by atoms with Gasteiger partial charge >= 0.3 is 0 Å². The molecular formula is C10H13IO4S. The van der Waals surface area contributed by atoms with E-state index in [1.54, 1.807) is 7.11 Å². The fraction of sp³-hybridized carbons (Fsp3) is 0.300. The van der Waals surface area contributed by atoms with Gasteiger partial charge in [0, 0.05) is 21.2 Å². The van der Waals surface area contributed by atoms with E-state index in [9.17, 15) is 0 Å². The van der Waals surface area contributed by atoms with Gasteiger partial charge in [0.1, 0.15) is 20.7 Å². The first-order valence-corrected chi connectivity index (χ1v) is 7.54. The molecule has 0 aliphatic rings. The molecule has 0 spiro atoms. The number of aryl methyl sites for hydroxylation is 1. The molecule has 0 fully saturated rings. The van der Waals surface area contributed by atoms with Crippen LogP contribution >= 0.6 is 30.4 Å². The molecule has 6 heteroatoms. The van der Waals surface area contributed by atoms with Crippen LogP contribution in [0.15, 0.2) is 18.2 Å². The molecule has 0 aliphatic heterocycles. The van der Waals surface area contributed by atoms with Gasteiger partial charge in [-0.2, -0.15) is 0 Å². The highest BCUT2D eigenvalue weighted by Crippen LogP contribution is 2.26. The molecule has 16 heavy (non-hydrogen) atoms. The van der Waals surface area contributed by atoms with E-state index >= 15 is 0 Å². The smallest absolute Gasteiger partial charge is 0.292 e. The molecule has 0 saturated carbocycles. The van der Waals surface area contributed by atoms with Crippen LogP contribution in [0.4, 0.5) is 0 Å². The van der Waals surface area contributed by atoms with E-state index in [1.165, 1.54) is 16.3 Å². The van der Waals surface area contributed by atoms with Crippen molar-refractivity contribution in [3.05, 3.63) is 23.8 Å². The van der Waals surface area contributed by atoms with Gasteiger partial charge in [0.25, 0.3) is 6.47 Å². The minimum atomic E-state index is 0.375. The Morgan fingerprint density at radius 1 is 1.38 bits per heavy atom. The van der Waals surface area contributed by atoms with Crippen molar-refractivity contribution in [2.24, 2.45) is 0 Å². The predicted octanol–water partition coefficient (Wildman–Crippen LogP) is 3.17. The third-order valence-electron chi connectivity index (χ3n) is 1.59. The Labute approximate surface area is 111 Å². The number of benzene rings is 1. The van der Waals surface area contributed by atoms with Crippen LogP contribution in [0, 0.1) is 6.92 Å². The third kappa shape index (κ3) is 6.06. The second kappa shape index (κ2) is 9.59. The second-order valence-corrected chi connectivity index (χ2v) is 3.98. The van der Waals surface area contributed by atoms with Gasteiger partial charge in [-0.1, -0.05) is 0 Å². The maximum absolute atomic E-state index is 8.95. The van der Waals surface area contributed by atoms with Gasteiger partial charge in [-0.15, -0.1) is 0 Å². The number of carbonyl (C=O) groups excluding carboxylic acids is 1. The summed E-state index contributed by atoms with van der Waals surface area (Å²) in [6.07, 6.45) is 0. The van der Waals surface area contributed by atoms with Gasteiger partial charge in [-0.3, -0.25) is 4.79 Å². The van der Waals surface area contributed by atoms with Crippen molar-refractivity contribution in [2.75, 3.05) is 14.2 Å². The average molecular weight is 356 g/mol. The summed E-state index contributed by atoms with van der Waals surface area (Å²) in [5.41, 5.74) is 1.08. The number of halogens is 1. The summed E-state index contributed by atoms with van der Waals surface area (Å²) in [5.74, 6) is 1.74. The van der Waals surface area contributed by atoms with E-state index in [2.05, 4.69) is 25.9 Å². The highest BCUT2D eigenvalue weighted by molar-refractivity contribution is 14.2. The number of methoxy groups -OCH3 is 2. The Kier molecular flexibility index (Phi) is 9.21. The quantitative estimate of drug-likeness (QED) is 0.471. The van der Waals surface area contributed by atoms with Crippen LogP contribution in [0.25, 0.3) is 0 Å². The van der Waals surface area contributed by atoms with E-state index in [4.69, 9.17) is 13.7 Å². The summed E-state index contributed by atoms with van der Waals surface area (Å²) >= 11 is 2.08. The fourth-order valence-corrected chi connectivity index (χ4v) is 1.74. The lowest BCUT2D eigenvalue weighted by Gasteiger charge is -2.05. The van der Waals surface area contributed by atoms with Crippen molar-refractivity contribution in [3.8, 4) is 11.5 Å². The molecule has 1 aromatic carbocycles. The van der Waals surface area contributed by atoms with Gasteiger partial charge in [0.15, 0.2) is 0 Å². The molecule has 0 bridgehead atoms. The minimum Gasteiger partial charge on any atom is -0.496 e. The summed E-state index contributed by atoms with van der Waals surface area (Å²) < 4.78 is 14.2. The third-order valence-corrected chi connectivity index (χ3v) is 2.39. The summed E-state index contributed by atoms with van der Waals surface area (Å²) in [6, 6.07) is 5.74. The Morgan fingerprint density at radius 2 is 2.00 bits per heavy atom. The SMILES string of the molecule is COC=O.COc1ccc(OSI)cc1C. The van der Waals surface area contributed by atoms with Crippen LogP contribution in [-0.4, -0.2) is 20.7 Å². The van der Waals surface area contributed by atoms with Gasteiger partial charge in [0.05, 0.1) is 14.2 Å². The summed E-state index contributed by atoms with van der Waals surface area (Å²) in [5, 5.41) is 0. The average Bonchev–Trinajstić information content (AvgIpc) is 2.30. The van der Waals surface area contributed by atoms with Crippen LogP contribution in [0.5, 0.6) is 11.5 Å². The molecule has 0 unspecified atom stereocenters. The van der Waals surface area contributed by atoms with E-state index in [1.807, 2.05) is 25.1 Å². The Morgan fingerprint density at radius 3 is 2.38 bits per heavy atom. The fourth-order valence-electron chi connectivity index (χ4n) is 0.939. The van der Waals surface area contributed by atoms with E-state index in [0.29, 0.717) is 6.47 Å². The Balaban J connectivity index is 0.000000487. The first-order valence-electron chi connectivity index (χ1n) is 4.26. The minimum absolute atomic E-state index is 0.375. The molecule has 0 saturated heterocycles. The van der Waals surface area contributed by atoms with Gasteiger partial charge in [-0.05, 0) is 30.7 Å². The molecule has 90 valence electrons. The molecule has 1 rings (SSSR count). The van der Waals surface area contributed by atoms with Crippen molar-refractivity contribution in [1.29, 1.82) is 0 Å². The number of carbonyl (C=O) groups is 1. The van der Waals surface area contributed by atoms with Crippen molar-refractivity contribution in [1.82, 2.24) is 0 Å². The van der Waals surface area contributed by atoms with Crippen LogP contribution < -0.4 is 8.92 Å². The highest BCUT2D eigenvalue weighted by Gasteiger charge is 1.99. The van der Waals surface area contributed by atoms with Crippen LogP contribution in [0.2, 0.25) is 0 Å². The molecule has 0 amide bonds. The first-order chi connectivity index (χ1) is 7.69. The number of hydrogen-bond donors (Lipinski definition) is 0. The van der Waals surface area contributed by atoms with Crippen LogP contribution in [-0.2, 0) is 9.53 Å². The number of rotatable bonds is 4. The zero-order valence-electron chi connectivity index (χ0n) is 9.23. The molecule has 0 N–H and O–H groups in total. The molecule has 0 aromatic heterocycles. The molecule has 0 atom stereocenters. The molecule has 4 nitrogen and oxygen atoms in total. The van der Waals surface area contributed by atoms with Crippen LogP contribution in [0.3, 0.4) is 0 Å². The Bertz CT molecular complexity index is 320. The highest BCUT2D eigenvalue weighted by atomic mass is 127. The number of hydrogen-bond acceptors (Lipinski definition) is 5. The molecule has 1 aromatic rings. The molecule has 0 radical (unpaired) electrons. The van der Waals surface area contributed by atoms with Crippen molar-refractivity contribution < 1.29 is 18.5 Å². The maximum atomic E-state index is 8.95. The lowest BCUT2D eigenvalue weighted by Crippen LogP contribution is -1.87. The molecular weight excluding hydrogens is 343 g/mol. The Hall–Kier alpha value is -0.630. The zero-order chi connectivity index (χ0) is 12.4. The maximum Gasteiger partial charge on any atom is 0.292 e. The van der Waals surface area contributed by atoms with Crippen molar-refractivity contribution in [2.45, 2.75) is 6.92 Å². The first kappa shape index (κ1) is 15.4. The number of ether oxygens (including phenoxy) is 2. The van der Waals surface area contributed by atoms with Crippen LogP contribution in [0.1, 0.15) is 5.56 Å². The lowest BCUT2D eigenvalue weighted by atomic mass is 10.2. The van der Waals surface area contributed by atoms with Crippen molar-refractivity contribution >= 4 is 36.9 Å². The lowest BCUT2D eigenvalue weighted by molar-refractivity contribution is -0.126. The van der Waals surface area contributed by atoms with Gasteiger partial charge < -0.3 is 13.7 Å². The summed E-state index contributed by atoms with van der Waals surface area (Å²) in [6.45, 7) is 2.36. The topological polar surface area (TPSA) is 44.8 Å². The molecule has 0 aliphatic carbocycles. The van der Waals surface area contributed by atoms with Crippen molar-refractivity contribution in [3.63, 3.8) is 0 Å². The van der Waals surface area contributed by atoms with Gasteiger partial charge in [-0.25, -0.2) is 0 Å². The van der Waals surface area contributed by atoms with Gasteiger partial charge in [0.2, 0.25) is 0 Å². The predicted molar refractivity (Wildman–Crippen MR) is 73.0 cm³/mol.